The molecule has 0 spiro atoms. The lowest BCUT2D eigenvalue weighted by atomic mass is 9.89. The van der Waals surface area contributed by atoms with Crippen LogP contribution in [0.5, 0.6) is 0 Å². The fourth-order valence-corrected chi connectivity index (χ4v) is 4.83. The number of esters is 1. The van der Waals surface area contributed by atoms with Crippen molar-refractivity contribution in [1.82, 2.24) is 14.4 Å². The molecule has 1 atom stereocenters. The molecule has 0 unspecified atom stereocenters. The Labute approximate surface area is 192 Å². The molecule has 2 aliphatic heterocycles. The first-order valence-corrected chi connectivity index (χ1v) is 11.1. The summed E-state index contributed by atoms with van der Waals surface area (Å²) in [7, 11) is 1.56. The molecule has 5 rings (SSSR count). The first-order chi connectivity index (χ1) is 15.6. The van der Waals surface area contributed by atoms with E-state index < -0.39 is 5.60 Å². The molecule has 0 N–H and O–H groups in total. The molecule has 1 fully saturated rings. The fourth-order valence-electron chi connectivity index (χ4n) is 4.83. The van der Waals surface area contributed by atoms with Crippen molar-refractivity contribution in [1.29, 1.82) is 0 Å². The maximum Gasteiger partial charge on any atom is 0.338 e. The molecule has 2 aliphatic rings. The zero-order chi connectivity index (χ0) is 23.5. The molecule has 7 heteroatoms. The highest BCUT2D eigenvalue weighted by atomic mass is 16.6. The Morgan fingerprint density at radius 3 is 2.45 bits per heavy atom. The lowest BCUT2D eigenvalue weighted by Gasteiger charge is -2.41. The Kier molecular flexibility index (Phi) is 4.81. The van der Waals surface area contributed by atoms with Gasteiger partial charge in [0, 0.05) is 36.7 Å². The topological polar surface area (TPSA) is 71.8 Å². The van der Waals surface area contributed by atoms with Crippen LogP contribution in [0.2, 0.25) is 0 Å². The largest absolute Gasteiger partial charge is 0.456 e. The van der Waals surface area contributed by atoms with Crippen LogP contribution in [0.3, 0.4) is 0 Å². The number of benzene rings is 2. The number of amides is 3. The van der Waals surface area contributed by atoms with Crippen LogP contribution in [0.15, 0.2) is 48.5 Å². The second kappa shape index (κ2) is 7.47. The van der Waals surface area contributed by atoms with Crippen LogP contribution >= 0.6 is 0 Å². The number of carbonyl (C=O) groups is 3. The fraction of sp³-hybridized carbons (Fsp3) is 0.346. The summed E-state index contributed by atoms with van der Waals surface area (Å²) in [5.74, 6) is -0.849. The number of urea groups is 1. The molecule has 0 aliphatic carbocycles. The zero-order valence-electron chi connectivity index (χ0n) is 19.3. The standard InChI is InChI=1S/C26H27N3O4/c1-26(2,3)33-24(31)17-11-9-16(10-12-17)13-29-20-8-6-5-7-18(20)22-19-14-28(15-21(22)29)25(32)27(4)23(19)30/h5-12,19H,13-15H2,1-4H3/t19-/m1/s1. The summed E-state index contributed by atoms with van der Waals surface area (Å²) in [6.45, 7) is 7.00. The highest BCUT2D eigenvalue weighted by Crippen LogP contribution is 2.40. The van der Waals surface area contributed by atoms with E-state index in [-0.39, 0.29) is 23.8 Å². The number of fused-ring (bicyclic) bond motifs is 6. The van der Waals surface area contributed by atoms with E-state index in [0.29, 0.717) is 25.2 Å². The first kappa shape index (κ1) is 21.2. The Hall–Kier alpha value is -3.61. The third kappa shape index (κ3) is 3.57. The normalized spacial score (nSPS) is 18.0. The van der Waals surface area contributed by atoms with Crippen LogP contribution in [-0.2, 0) is 22.6 Å². The number of rotatable bonds is 3. The molecule has 3 amide bonds. The van der Waals surface area contributed by atoms with Gasteiger partial charge in [0.15, 0.2) is 0 Å². The maximum atomic E-state index is 12.9. The van der Waals surface area contributed by atoms with Gasteiger partial charge in [-0.15, -0.1) is 0 Å². The summed E-state index contributed by atoms with van der Waals surface area (Å²) < 4.78 is 7.65. The summed E-state index contributed by atoms with van der Waals surface area (Å²) in [6, 6.07) is 15.2. The van der Waals surface area contributed by atoms with Crippen molar-refractivity contribution in [2.45, 2.75) is 45.4 Å². The second-order valence-electron chi connectivity index (χ2n) is 9.78. The molecule has 2 bridgehead atoms. The van der Waals surface area contributed by atoms with Crippen molar-refractivity contribution in [2.24, 2.45) is 0 Å². The number of likely N-dealkylation sites (N-methyl/N-ethyl adjacent to an activating group) is 1. The maximum absolute atomic E-state index is 12.9. The molecule has 0 radical (unpaired) electrons. The minimum Gasteiger partial charge on any atom is -0.456 e. The van der Waals surface area contributed by atoms with Gasteiger partial charge in [-0.1, -0.05) is 30.3 Å². The van der Waals surface area contributed by atoms with Crippen LogP contribution in [0.1, 0.15) is 53.9 Å². The minimum atomic E-state index is -0.546. The molecular formula is C26H27N3O4. The van der Waals surface area contributed by atoms with Gasteiger partial charge in [-0.2, -0.15) is 0 Å². The molecule has 2 aromatic carbocycles. The molecular weight excluding hydrogens is 418 g/mol. The van der Waals surface area contributed by atoms with Crippen LogP contribution in [-0.4, -0.2) is 51.5 Å². The van der Waals surface area contributed by atoms with Crippen molar-refractivity contribution in [3.8, 4) is 0 Å². The molecule has 1 aromatic heterocycles. The van der Waals surface area contributed by atoms with Gasteiger partial charge in [-0.05, 0) is 50.1 Å². The third-order valence-corrected chi connectivity index (χ3v) is 6.33. The van der Waals surface area contributed by atoms with Crippen LogP contribution < -0.4 is 0 Å². The van der Waals surface area contributed by atoms with E-state index in [1.807, 2.05) is 45.0 Å². The molecule has 1 saturated heterocycles. The van der Waals surface area contributed by atoms with Crippen LogP contribution in [0.25, 0.3) is 10.9 Å². The second-order valence-corrected chi connectivity index (χ2v) is 9.78. The average Bonchev–Trinajstić information content (AvgIpc) is 3.09. The quantitative estimate of drug-likeness (QED) is 0.568. The van der Waals surface area contributed by atoms with E-state index in [9.17, 15) is 14.4 Å². The van der Waals surface area contributed by atoms with Gasteiger partial charge >= 0.3 is 12.0 Å². The number of ether oxygens (including phenoxy) is 1. The highest BCUT2D eigenvalue weighted by Gasteiger charge is 2.44. The molecule has 7 nitrogen and oxygen atoms in total. The van der Waals surface area contributed by atoms with E-state index in [1.54, 1.807) is 24.1 Å². The van der Waals surface area contributed by atoms with E-state index in [0.717, 1.165) is 27.7 Å². The lowest BCUT2D eigenvalue weighted by Crippen LogP contribution is -2.56. The van der Waals surface area contributed by atoms with Crippen molar-refractivity contribution in [3.63, 3.8) is 0 Å². The van der Waals surface area contributed by atoms with Gasteiger partial charge in [0.2, 0.25) is 5.91 Å². The predicted octanol–water partition coefficient (Wildman–Crippen LogP) is 4.14. The van der Waals surface area contributed by atoms with E-state index in [1.165, 1.54) is 4.90 Å². The molecule has 3 aromatic rings. The number of imide groups is 1. The van der Waals surface area contributed by atoms with Crippen molar-refractivity contribution >= 4 is 28.8 Å². The summed E-state index contributed by atoms with van der Waals surface area (Å²) in [6.07, 6.45) is 0. The van der Waals surface area contributed by atoms with Gasteiger partial charge in [0.25, 0.3) is 0 Å². The summed E-state index contributed by atoms with van der Waals surface area (Å²) in [5, 5.41) is 1.05. The first-order valence-electron chi connectivity index (χ1n) is 11.1. The summed E-state index contributed by atoms with van der Waals surface area (Å²) >= 11 is 0. The lowest BCUT2D eigenvalue weighted by molar-refractivity contribution is -0.132. The summed E-state index contributed by atoms with van der Waals surface area (Å²) in [5.41, 5.74) is 4.04. The monoisotopic (exact) mass is 445 g/mol. The molecule has 33 heavy (non-hydrogen) atoms. The number of nitrogens with zero attached hydrogens (tertiary/aromatic N) is 3. The number of hydrogen-bond acceptors (Lipinski definition) is 4. The summed E-state index contributed by atoms with van der Waals surface area (Å²) in [4.78, 5) is 40.9. The average molecular weight is 446 g/mol. The SMILES string of the molecule is CN1C(=O)[C@@H]2CN(Cc3c2c2ccccc2n3Cc2ccc(C(=O)OC(C)(C)C)cc2)C1=O. The van der Waals surface area contributed by atoms with Gasteiger partial charge < -0.3 is 14.2 Å². The Balaban J connectivity index is 1.53. The number of para-hydroxylation sites is 1. The van der Waals surface area contributed by atoms with E-state index in [2.05, 4.69) is 16.7 Å². The van der Waals surface area contributed by atoms with Gasteiger partial charge in [0.05, 0.1) is 18.0 Å². The Bertz CT molecular complexity index is 1280. The van der Waals surface area contributed by atoms with Crippen LogP contribution in [0.4, 0.5) is 4.79 Å². The van der Waals surface area contributed by atoms with Crippen molar-refractivity contribution in [3.05, 3.63) is 70.9 Å². The third-order valence-electron chi connectivity index (χ3n) is 6.33. The van der Waals surface area contributed by atoms with Gasteiger partial charge in [-0.3, -0.25) is 9.69 Å². The zero-order valence-corrected chi connectivity index (χ0v) is 19.3. The molecule has 170 valence electrons. The minimum absolute atomic E-state index is 0.151. The van der Waals surface area contributed by atoms with Gasteiger partial charge in [0.1, 0.15) is 5.60 Å². The predicted molar refractivity (Wildman–Crippen MR) is 124 cm³/mol. The Morgan fingerprint density at radius 1 is 1.06 bits per heavy atom. The van der Waals surface area contributed by atoms with Gasteiger partial charge in [-0.25, -0.2) is 9.59 Å². The number of carbonyl (C=O) groups excluding carboxylic acids is 3. The van der Waals surface area contributed by atoms with E-state index in [4.69, 9.17) is 4.74 Å². The number of aromatic nitrogens is 1. The molecule has 0 saturated carbocycles. The highest BCUT2D eigenvalue weighted by molar-refractivity contribution is 6.04. The number of hydrogen-bond donors (Lipinski definition) is 0. The van der Waals surface area contributed by atoms with E-state index >= 15 is 0 Å². The molecule has 3 heterocycles. The smallest absolute Gasteiger partial charge is 0.338 e. The van der Waals surface area contributed by atoms with Crippen LogP contribution in [0, 0.1) is 0 Å². The Morgan fingerprint density at radius 2 is 1.76 bits per heavy atom. The van der Waals surface area contributed by atoms with Crippen molar-refractivity contribution in [2.75, 3.05) is 13.6 Å². The van der Waals surface area contributed by atoms with Crippen molar-refractivity contribution < 1.29 is 19.1 Å².